The molecule has 0 aromatic carbocycles. The van der Waals surface area contributed by atoms with Gasteiger partial charge in [-0.15, -0.1) is 6.58 Å². The van der Waals surface area contributed by atoms with Crippen LogP contribution in [0.1, 0.15) is 40.5 Å². The topological polar surface area (TPSA) is 18.5 Å². The van der Waals surface area contributed by atoms with Gasteiger partial charge in [-0.25, -0.2) is 9.78 Å². The van der Waals surface area contributed by atoms with Crippen LogP contribution in [-0.2, 0) is 9.78 Å². The molecule has 0 rings (SSSR count). The van der Waals surface area contributed by atoms with Crippen LogP contribution in [0.4, 0.5) is 0 Å². The van der Waals surface area contributed by atoms with Crippen molar-refractivity contribution in [1.29, 1.82) is 0 Å². The third kappa shape index (κ3) is 18.5. The van der Waals surface area contributed by atoms with Crippen LogP contribution in [0.15, 0.2) is 12.7 Å². The summed E-state index contributed by atoms with van der Waals surface area (Å²) in [5.41, 5.74) is 0. The zero-order chi connectivity index (χ0) is 10.5. The molecule has 0 bridgehead atoms. The predicted molar refractivity (Wildman–Crippen MR) is 57.5 cm³/mol. The number of hydrogen-bond donors (Lipinski definition) is 0. The Hall–Kier alpha value is -0.340. The molecule has 0 spiro atoms. The Morgan fingerprint density at radius 2 is 1.77 bits per heavy atom. The first-order valence-electron chi connectivity index (χ1n) is 5.08. The van der Waals surface area contributed by atoms with Crippen molar-refractivity contribution in [3.63, 3.8) is 0 Å². The lowest BCUT2D eigenvalue weighted by Crippen LogP contribution is -2.05. The summed E-state index contributed by atoms with van der Waals surface area (Å²) >= 11 is 0. The number of hydrogen-bond acceptors (Lipinski definition) is 2. The fourth-order valence-electron chi connectivity index (χ4n) is 0.378. The summed E-state index contributed by atoms with van der Waals surface area (Å²) in [4.78, 5) is 9.59. The Kier molecular flexibility index (Phi) is 16.5. The molecule has 0 aliphatic rings. The smallest absolute Gasteiger partial charge is 0.100 e. The second kappa shape index (κ2) is 14.2. The standard InChI is InChI=1S/C8H16O2.C3H8/c1-4-6-9-10-7-8(3)5-2;1-3-2/h4,8H,1,5-7H2,2-3H3;3H2,1-2H3. The van der Waals surface area contributed by atoms with Crippen LogP contribution < -0.4 is 0 Å². The van der Waals surface area contributed by atoms with Crippen molar-refractivity contribution in [2.75, 3.05) is 13.2 Å². The molecule has 0 aliphatic heterocycles. The van der Waals surface area contributed by atoms with Crippen LogP contribution in [0, 0.1) is 5.92 Å². The minimum atomic E-state index is 0.469. The van der Waals surface area contributed by atoms with E-state index in [9.17, 15) is 0 Å². The molecule has 0 aromatic heterocycles. The Morgan fingerprint density at radius 1 is 1.23 bits per heavy atom. The van der Waals surface area contributed by atoms with Gasteiger partial charge in [0.2, 0.25) is 0 Å². The molecule has 1 unspecified atom stereocenters. The minimum Gasteiger partial charge on any atom is -0.236 e. The zero-order valence-corrected chi connectivity index (χ0v) is 9.51. The average Bonchev–Trinajstić information content (AvgIpc) is 2.13. The van der Waals surface area contributed by atoms with Gasteiger partial charge in [0.15, 0.2) is 0 Å². The SMILES string of the molecule is C=CCOOCC(C)CC.CCC. The molecule has 2 nitrogen and oxygen atoms in total. The van der Waals surface area contributed by atoms with Gasteiger partial charge in [0.25, 0.3) is 0 Å². The second-order valence-electron chi connectivity index (χ2n) is 3.08. The van der Waals surface area contributed by atoms with Gasteiger partial charge in [0.1, 0.15) is 6.61 Å². The van der Waals surface area contributed by atoms with Crippen molar-refractivity contribution in [3.05, 3.63) is 12.7 Å². The quantitative estimate of drug-likeness (QED) is 0.274. The van der Waals surface area contributed by atoms with Crippen LogP contribution in [0.5, 0.6) is 0 Å². The van der Waals surface area contributed by atoms with E-state index in [1.54, 1.807) is 6.08 Å². The molecule has 13 heavy (non-hydrogen) atoms. The first kappa shape index (κ1) is 15.1. The van der Waals surface area contributed by atoms with Crippen molar-refractivity contribution in [2.45, 2.75) is 40.5 Å². The summed E-state index contributed by atoms with van der Waals surface area (Å²) in [5, 5.41) is 0. The van der Waals surface area contributed by atoms with E-state index in [-0.39, 0.29) is 0 Å². The molecule has 0 heterocycles. The molecular weight excluding hydrogens is 164 g/mol. The van der Waals surface area contributed by atoms with Gasteiger partial charge in [-0.05, 0) is 5.92 Å². The molecule has 0 radical (unpaired) electrons. The van der Waals surface area contributed by atoms with E-state index in [1.165, 1.54) is 6.42 Å². The molecule has 0 amide bonds. The summed E-state index contributed by atoms with van der Waals surface area (Å²) in [6, 6.07) is 0. The van der Waals surface area contributed by atoms with Crippen LogP contribution >= 0.6 is 0 Å². The van der Waals surface area contributed by atoms with Gasteiger partial charge in [-0.2, -0.15) is 0 Å². The summed E-state index contributed by atoms with van der Waals surface area (Å²) in [7, 11) is 0. The highest BCUT2D eigenvalue weighted by Gasteiger charge is 1.97. The van der Waals surface area contributed by atoms with Gasteiger partial charge in [-0.3, -0.25) is 0 Å². The third-order valence-electron chi connectivity index (χ3n) is 1.32. The van der Waals surface area contributed by atoms with Crippen LogP contribution in [0.25, 0.3) is 0 Å². The summed E-state index contributed by atoms with van der Waals surface area (Å²) in [6.07, 6.45) is 4.04. The lowest BCUT2D eigenvalue weighted by molar-refractivity contribution is -0.292. The minimum absolute atomic E-state index is 0.469. The third-order valence-corrected chi connectivity index (χ3v) is 1.32. The average molecular weight is 188 g/mol. The zero-order valence-electron chi connectivity index (χ0n) is 9.51. The molecule has 80 valence electrons. The maximum atomic E-state index is 4.86. The summed E-state index contributed by atoms with van der Waals surface area (Å²) in [5.74, 6) is 0.574. The van der Waals surface area contributed by atoms with Crippen molar-refractivity contribution < 1.29 is 9.78 Å². The Morgan fingerprint density at radius 3 is 2.15 bits per heavy atom. The fourth-order valence-corrected chi connectivity index (χ4v) is 0.378. The van der Waals surface area contributed by atoms with E-state index in [0.29, 0.717) is 19.1 Å². The molecule has 1 atom stereocenters. The maximum absolute atomic E-state index is 4.86. The molecule has 0 fully saturated rings. The Labute approximate surface area is 82.9 Å². The number of rotatable bonds is 6. The van der Waals surface area contributed by atoms with E-state index in [4.69, 9.17) is 9.78 Å². The first-order valence-corrected chi connectivity index (χ1v) is 5.08. The van der Waals surface area contributed by atoms with E-state index in [2.05, 4.69) is 34.3 Å². The maximum Gasteiger partial charge on any atom is 0.100 e. The van der Waals surface area contributed by atoms with Gasteiger partial charge in [0.05, 0.1) is 6.61 Å². The van der Waals surface area contributed by atoms with Crippen molar-refractivity contribution in [2.24, 2.45) is 5.92 Å². The van der Waals surface area contributed by atoms with Crippen LogP contribution in [-0.4, -0.2) is 13.2 Å². The van der Waals surface area contributed by atoms with E-state index in [1.807, 2.05) is 0 Å². The fraction of sp³-hybridized carbons (Fsp3) is 0.818. The van der Waals surface area contributed by atoms with E-state index < -0.39 is 0 Å². The van der Waals surface area contributed by atoms with Crippen molar-refractivity contribution in [1.82, 2.24) is 0 Å². The van der Waals surface area contributed by atoms with Crippen molar-refractivity contribution >= 4 is 0 Å². The van der Waals surface area contributed by atoms with Gasteiger partial charge >= 0.3 is 0 Å². The monoisotopic (exact) mass is 188 g/mol. The molecule has 0 saturated heterocycles. The molecule has 0 aliphatic carbocycles. The Balaban J connectivity index is 0. The predicted octanol–water partition coefficient (Wildman–Crippen LogP) is 3.58. The molecular formula is C11H24O2. The van der Waals surface area contributed by atoms with Crippen LogP contribution in [0.2, 0.25) is 0 Å². The van der Waals surface area contributed by atoms with E-state index >= 15 is 0 Å². The highest BCUT2D eigenvalue weighted by molar-refractivity contribution is 4.62. The summed E-state index contributed by atoms with van der Waals surface area (Å²) in [6.45, 7) is 13.1. The molecule has 0 N–H and O–H groups in total. The molecule has 0 saturated carbocycles. The van der Waals surface area contributed by atoms with Gasteiger partial charge < -0.3 is 0 Å². The first-order chi connectivity index (χ1) is 6.22. The van der Waals surface area contributed by atoms with Gasteiger partial charge in [0, 0.05) is 0 Å². The normalized spacial score (nSPS) is 11.4. The molecule has 0 aromatic rings. The Bertz CT molecular complexity index is 92.1. The second-order valence-corrected chi connectivity index (χ2v) is 3.08. The largest absolute Gasteiger partial charge is 0.236 e. The van der Waals surface area contributed by atoms with Gasteiger partial charge in [-0.1, -0.05) is 46.6 Å². The highest BCUT2D eigenvalue weighted by atomic mass is 17.2. The summed E-state index contributed by atoms with van der Waals surface area (Å²) < 4.78 is 0. The van der Waals surface area contributed by atoms with E-state index in [0.717, 1.165) is 6.42 Å². The van der Waals surface area contributed by atoms with Crippen molar-refractivity contribution in [3.8, 4) is 0 Å². The van der Waals surface area contributed by atoms with Crippen LogP contribution in [0.3, 0.4) is 0 Å². The highest BCUT2D eigenvalue weighted by Crippen LogP contribution is 2.00. The lowest BCUT2D eigenvalue weighted by Gasteiger charge is -2.06. The lowest BCUT2D eigenvalue weighted by atomic mass is 10.1. The molecule has 2 heteroatoms.